The topological polar surface area (TPSA) is 79.3 Å². The SMILES string of the molecule is COc1ccc(N(C)N(C(=O)OC(C)(C)C)[C@@H](C)C=O)cc1-c1cccc(CO)c1. The number of anilines is 1. The lowest BCUT2D eigenvalue weighted by Crippen LogP contribution is -2.52. The quantitative estimate of drug-likeness (QED) is 0.544. The minimum absolute atomic E-state index is 0.0704. The maximum atomic E-state index is 12.8. The number of hydrazine groups is 1. The monoisotopic (exact) mass is 414 g/mol. The number of ether oxygens (including phenoxy) is 2. The van der Waals surface area contributed by atoms with Gasteiger partial charge in [-0.2, -0.15) is 0 Å². The van der Waals surface area contributed by atoms with E-state index in [4.69, 9.17) is 9.47 Å². The highest BCUT2D eigenvalue weighted by atomic mass is 16.6. The molecule has 0 bridgehead atoms. The molecular formula is C23H30N2O5. The maximum Gasteiger partial charge on any atom is 0.429 e. The summed E-state index contributed by atoms with van der Waals surface area (Å²) in [5.74, 6) is 0.648. The van der Waals surface area contributed by atoms with Crippen LogP contribution >= 0.6 is 0 Å². The average molecular weight is 415 g/mol. The van der Waals surface area contributed by atoms with E-state index in [-0.39, 0.29) is 6.61 Å². The fourth-order valence-corrected chi connectivity index (χ4v) is 3.01. The molecule has 0 aliphatic carbocycles. The Balaban J connectivity index is 2.49. The highest BCUT2D eigenvalue weighted by Crippen LogP contribution is 2.34. The minimum Gasteiger partial charge on any atom is -0.496 e. The molecule has 0 aliphatic heterocycles. The third-order valence-corrected chi connectivity index (χ3v) is 4.46. The number of carbonyl (C=O) groups excluding carboxylic acids is 2. The molecule has 0 fully saturated rings. The fraction of sp³-hybridized carbons (Fsp3) is 0.391. The number of hydrogen-bond donors (Lipinski definition) is 1. The van der Waals surface area contributed by atoms with E-state index in [1.165, 1.54) is 5.01 Å². The first-order valence-electron chi connectivity index (χ1n) is 9.70. The molecule has 0 heterocycles. The Bertz CT molecular complexity index is 891. The van der Waals surface area contributed by atoms with Gasteiger partial charge in [-0.05, 0) is 63.1 Å². The third kappa shape index (κ3) is 5.51. The number of aliphatic hydroxyl groups excluding tert-OH is 1. The van der Waals surface area contributed by atoms with Gasteiger partial charge >= 0.3 is 6.09 Å². The molecule has 0 aliphatic rings. The molecule has 2 rings (SSSR count). The summed E-state index contributed by atoms with van der Waals surface area (Å²) in [5, 5.41) is 12.3. The van der Waals surface area contributed by atoms with Gasteiger partial charge in [0.05, 0.1) is 19.4 Å². The summed E-state index contributed by atoms with van der Waals surface area (Å²) in [6.07, 6.45) is 0.0690. The van der Waals surface area contributed by atoms with Crippen LogP contribution in [-0.4, -0.2) is 48.3 Å². The van der Waals surface area contributed by atoms with Crippen LogP contribution in [-0.2, 0) is 16.1 Å². The summed E-state index contributed by atoms with van der Waals surface area (Å²) in [6, 6.07) is 12.2. The standard InChI is InChI=1S/C23H30N2O5/c1-16(14-26)25(22(28)30-23(2,3)4)24(5)19-10-11-21(29-6)20(13-19)18-9-7-8-17(12-18)15-27/h7-14,16,27H,15H2,1-6H3/t16-/m0/s1. The van der Waals surface area contributed by atoms with Crippen LogP contribution < -0.4 is 9.75 Å². The van der Waals surface area contributed by atoms with Crippen LogP contribution in [0.5, 0.6) is 5.75 Å². The molecule has 2 aromatic rings. The Labute approximate surface area is 177 Å². The molecule has 30 heavy (non-hydrogen) atoms. The van der Waals surface area contributed by atoms with Crippen molar-refractivity contribution in [1.82, 2.24) is 5.01 Å². The average Bonchev–Trinajstić information content (AvgIpc) is 2.71. The van der Waals surface area contributed by atoms with Gasteiger partial charge in [0.2, 0.25) is 0 Å². The molecule has 7 heteroatoms. The van der Waals surface area contributed by atoms with Gasteiger partial charge in [0.15, 0.2) is 0 Å². The highest BCUT2D eigenvalue weighted by Gasteiger charge is 2.30. The van der Waals surface area contributed by atoms with Crippen molar-refractivity contribution in [2.45, 2.75) is 45.9 Å². The Kier molecular flexibility index (Phi) is 7.45. The molecule has 0 saturated heterocycles. The zero-order valence-electron chi connectivity index (χ0n) is 18.4. The number of aliphatic hydroxyl groups is 1. The van der Waals surface area contributed by atoms with Crippen molar-refractivity contribution >= 4 is 18.1 Å². The van der Waals surface area contributed by atoms with Crippen LogP contribution in [0.25, 0.3) is 11.1 Å². The van der Waals surface area contributed by atoms with Gasteiger partial charge in [-0.3, -0.25) is 5.01 Å². The van der Waals surface area contributed by atoms with Crippen LogP contribution in [0.2, 0.25) is 0 Å². The van der Waals surface area contributed by atoms with E-state index in [1.807, 2.05) is 30.3 Å². The zero-order valence-corrected chi connectivity index (χ0v) is 18.4. The molecule has 0 aromatic heterocycles. The molecule has 7 nitrogen and oxygen atoms in total. The Morgan fingerprint density at radius 2 is 1.90 bits per heavy atom. The number of rotatable bonds is 7. The second-order valence-electron chi connectivity index (χ2n) is 7.97. The Morgan fingerprint density at radius 1 is 1.20 bits per heavy atom. The van der Waals surface area contributed by atoms with Gasteiger partial charge in [0.1, 0.15) is 23.7 Å². The van der Waals surface area contributed by atoms with E-state index in [0.717, 1.165) is 16.7 Å². The van der Waals surface area contributed by atoms with Crippen molar-refractivity contribution in [2.24, 2.45) is 0 Å². The largest absolute Gasteiger partial charge is 0.496 e. The van der Waals surface area contributed by atoms with Crippen LogP contribution in [0.15, 0.2) is 42.5 Å². The van der Waals surface area contributed by atoms with Crippen molar-refractivity contribution in [3.8, 4) is 16.9 Å². The Morgan fingerprint density at radius 3 is 2.47 bits per heavy atom. The van der Waals surface area contributed by atoms with Crippen molar-refractivity contribution < 1.29 is 24.2 Å². The summed E-state index contributed by atoms with van der Waals surface area (Å²) in [4.78, 5) is 24.3. The molecule has 0 spiro atoms. The lowest BCUT2D eigenvalue weighted by atomic mass is 10.0. The molecular weight excluding hydrogens is 384 g/mol. The van der Waals surface area contributed by atoms with E-state index in [1.54, 1.807) is 59.0 Å². The van der Waals surface area contributed by atoms with Crippen LogP contribution in [0, 0.1) is 0 Å². The predicted molar refractivity (Wildman–Crippen MR) is 116 cm³/mol. The number of amides is 1. The van der Waals surface area contributed by atoms with Gasteiger partial charge < -0.3 is 19.4 Å². The molecule has 1 amide bonds. The van der Waals surface area contributed by atoms with E-state index in [0.29, 0.717) is 17.7 Å². The lowest BCUT2D eigenvalue weighted by Gasteiger charge is -2.37. The van der Waals surface area contributed by atoms with Crippen LogP contribution in [0.3, 0.4) is 0 Å². The molecule has 0 unspecified atom stereocenters. The first-order chi connectivity index (χ1) is 14.1. The zero-order chi connectivity index (χ0) is 22.5. The molecule has 2 aromatic carbocycles. The minimum atomic E-state index is -0.729. The predicted octanol–water partition coefficient (Wildman–Crippen LogP) is 4.03. The molecule has 162 valence electrons. The fourth-order valence-electron chi connectivity index (χ4n) is 3.01. The second-order valence-corrected chi connectivity index (χ2v) is 7.97. The van der Waals surface area contributed by atoms with Crippen LogP contribution in [0.1, 0.15) is 33.3 Å². The number of carbonyl (C=O) groups is 2. The van der Waals surface area contributed by atoms with Crippen molar-refractivity contribution in [2.75, 3.05) is 19.2 Å². The Hall–Kier alpha value is -3.06. The molecule has 0 saturated carbocycles. The number of aldehydes is 1. The number of benzene rings is 2. The van der Waals surface area contributed by atoms with Crippen molar-refractivity contribution in [1.29, 1.82) is 0 Å². The summed E-state index contributed by atoms with van der Waals surface area (Å²) in [5.41, 5.74) is 2.40. The normalized spacial score (nSPS) is 12.1. The van der Waals surface area contributed by atoms with Gasteiger partial charge in [-0.15, -0.1) is 0 Å². The van der Waals surface area contributed by atoms with E-state index in [2.05, 4.69) is 0 Å². The van der Waals surface area contributed by atoms with Gasteiger partial charge in [0, 0.05) is 12.6 Å². The summed E-state index contributed by atoms with van der Waals surface area (Å²) in [7, 11) is 3.28. The van der Waals surface area contributed by atoms with Crippen LogP contribution in [0.4, 0.5) is 10.5 Å². The third-order valence-electron chi connectivity index (χ3n) is 4.46. The van der Waals surface area contributed by atoms with E-state index >= 15 is 0 Å². The van der Waals surface area contributed by atoms with E-state index in [9.17, 15) is 14.7 Å². The smallest absolute Gasteiger partial charge is 0.429 e. The first kappa shape index (κ1) is 23.2. The highest BCUT2D eigenvalue weighted by molar-refractivity contribution is 5.79. The number of methoxy groups -OCH3 is 1. The van der Waals surface area contributed by atoms with Gasteiger partial charge in [-0.1, -0.05) is 18.2 Å². The van der Waals surface area contributed by atoms with Crippen molar-refractivity contribution in [3.05, 3.63) is 48.0 Å². The molecule has 1 atom stereocenters. The van der Waals surface area contributed by atoms with Crippen molar-refractivity contribution in [3.63, 3.8) is 0 Å². The molecule has 0 radical (unpaired) electrons. The summed E-state index contributed by atoms with van der Waals surface area (Å²) in [6.45, 7) is 6.87. The number of nitrogens with zero attached hydrogens (tertiary/aromatic N) is 2. The summed E-state index contributed by atoms with van der Waals surface area (Å²) < 4.78 is 11.0. The van der Waals surface area contributed by atoms with Gasteiger partial charge in [-0.25, -0.2) is 9.80 Å². The summed E-state index contributed by atoms with van der Waals surface area (Å²) >= 11 is 0. The molecule has 1 N–H and O–H groups in total. The second kappa shape index (κ2) is 9.63. The van der Waals surface area contributed by atoms with Gasteiger partial charge in [0.25, 0.3) is 0 Å². The number of hydrogen-bond acceptors (Lipinski definition) is 6. The maximum absolute atomic E-state index is 12.8. The van der Waals surface area contributed by atoms with E-state index < -0.39 is 17.7 Å². The first-order valence-corrected chi connectivity index (χ1v) is 9.70. The lowest BCUT2D eigenvalue weighted by molar-refractivity contribution is -0.112.